The van der Waals surface area contributed by atoms with Crippen molar-refractivity contribution in [2.45, 2.75) is 77.6 Å². The van der Waals surface area contributed by atoms with E-state index in [0.29, 0.717) is 29.9 Å². The maximum absolute atomic E-state index is 13.0. The van der Waals surface area contributed by atoms with Gasteiger partial charge in [0.15, 0.2) is 13.4 Å². The number of hydrogen-bond acceptors (Lipinski definition) is 6. The van der Waals surface area contributed by atoms with E-state index in [0.717, 1.165) is 81.2 Å². The summed E-state index contributed by atoms with van der Waals surface area (Å²) in [6.07, 6.45) is 10.6. The van der Waals surface area contributed by atoms with E-state index in [2.05, 4.69) is 15.0 Å². The normalized spacial score (nSPS) is 21.4. The van der Waals surface area contributed by atoms with Crippen LogP contribution in [0, 0.1) is 11.8 Å². The molecule has 6 nitrogen and oxygen atoms in total. The summed E-state index contributed by atoms with van der Waals surface area (Å²) >= 11 is 1.39. The Morgan fingerprint density at radius 3 is 2.74 bits per heavy atom. The van der Waals surface area contributed by atoms with Crippen LogP contribution in [0.1, 0.15) is 61.6 Å². The van der Waals surface area contributed by atoms with Gasteiger partial charge in [0.1, 0.15) is 5.78 Å². The Labute approximate surface area is 202 Å². The lowest BCUT2D eigenvalue weighted by atomic mass is 9.78. The van der Waals surface area contributed by atoms with Crippen LogP contribution in [0.25, 0.3) is 0 Å². The van der Waals surface area contributed by atoms with E-state index < -0.39 is 19.3 Å². The van der Waals surface area contributed by atoms with Crippen LogP contribution < -0.4 is 4.74 Å². The third kappa shape index (κ3) is 7.28. The molecule has 0 aromatic carbocycles. The van der Waals surface area contributed by atoms with Crippen LogP contribution in [0.4, 0.5) is 13.2 Å². The van der Waals surface area contributed by atoms with Gasteiger partial charge in [-0.3, -0.25) is 9.69 Å². The van der Waals surface area contributed by atoms with E-state index in [1.165, 1.54) is 16.0 Å². The van der Waals surface area contributed by atoms with Crippen molar-refractivity contribution in [2.75, 3.05) is 19.7 Å². The molecule has 1 aliphatic heterocycles. The van der Waals surface area contributed by atoms with Gasteiger partial charge >= 0.3 is 0 Å². The smallest absolute Gasteiger partial charge is 0.278 e. The number of carbonyl (C=O) groups excluding carboxylic acids is 1. The van der Waals surface area contributed by atoms with Crippen molar-refractivity contribution >= 4 is 17.1 Å². The quantitative estimate of drug-likeness (QED) is 0.434. The molecular weight excluding hydrogens is 465 g/mol. The molecule has 34 heavy (non-hydrogen) atoms. The maximum Gasteiger partial charge on any atom is 0.278 e. The zero-order chi connectivity index (χ0) is 24.1. The van der Waals surface area contributed by atoms with Crippen molar-refractivity contribution in [2.24, 2.45) is 11.8 Å². The number of ketones is 1. The van der Waals surface area contributed by atoms with Gasteiger partial charge in [-0.05, 0) is 49.6 Å². The summed E-state index contributed by atoms with van der Waals surface area (Å²) in [5.41, 5.74) is 1.74. The van der Waals surface area contributed by atoms with Crippen LogP contribution >= 0.6 is 11.3 Å². The fourth-order valence-corrected chi connectivity index (χ4v) is 5.85. The topological polar surface area (TPSA) is 60.2 Å². The van der Waals surface area contributed by atoms with Crippen molar-refractivity contribution < 1.29 is 22.7 Å². The zero-order valence-corrected chi connectivity index (χ0v) is 20.5. The van der Waals surface area contributed by atoms with Gasteiger partial charge in [0.25, 0.3) is 11.1 Å². The summed E-state index contributed by atoms with van der Waals surface area (Å²) in [5.74, 6) is -1.52. The molecule has 0 amide bonds. The number of rotatable bonds is 11. The van der Waals surface area contributed by atoms with Gasteiger partial charge in [0, 0.05) is 43.9 Å². The molecular formula is C24H33F3N4O2S. The van der Waals surface area contributed by atoms with Gasteiger partial charge in [-0.15, -0.1) is 0 Å². The Kier molecular flexibility index (Phi) is 8.29. The standard InChI is InChI=1S/C24H33F3N4O2S/c1-24(26,27)15-33-23-29-21-14-30(9-7-22(21)34-23)8-6-17-2-4-18(5-3-17)10-20(32)11-19-12-28-31(13-19)16-25/h12-13,17-18H,2-11,14-16H2,1H3. The second-order valence-electron chi connectivity index (χ2n) is 9.84. The molecule has 1 fully saturated rings. The molecule has 2 aliphatic rings. The highest BCUT2D eigenvalue weighted by molar-refractivity contribution is 7.13. The minimum absolute atomic E-state index is 0.209. The lowest BCUT2D eigenvalue weighted by molar-refractivity contribution is -0.119. The summed E-state index contributed by atoms with van der Waals surface area (Å²) in [6, 6.07) is 0. The minimum Gasteiger partial charge on any atom is -0.464 e. The Balaban J connectivity index is 1.14. The fourth-order valence-electron chi connectivity index (χ4n) is 4.94. The molecule has 0 atom stereocenters. The molecule has 0 radical (unpaired) electrons. The molecule has 2 aromatic rings. The molecule has 1 aliphatic carbocycles. The molecule has 188 valence electrons. The number of hydrogen-bond donors (Lipinski definition) is 0. The van der Waals surface area contributed by atoms with Gasteiger partial charge in [-0.2, -0.15) is 5.10 Å². The summed E-state index contributed by atoms with van der Waals surface area (Å²) in [4.78, 5) is 20.4. The third-order valence-electron chi connectivity index (χ3n) is 6.78. The Morgan fingerprint density at radius 1 is 1.26 bits per heavy atom. The van der Waals surface area contributed by atoms with Gasteiger partial charge < -0.3 is 4.74 Å². The van der Waals surface area contributed by atoms with Crippen LogP contribution in [-0.4, -0.2) is 51.1 Å². The first-order valence-electron chi connectivity index (χ1n) is 12.1. The number of halogens is 3. The highest BCUT2D eigenvalue weighted by Gasteiger charge is 2.27. The van der Waals surface area contributed by atoms with E-state index in [-0.39, 0.29) is 5.78 Å². The minimum atomic E-state index is -2.86. The second kappa shape index (κ2) is 11.2. The van der Waals surface area contributed by atoms with Crippen molar-refractivity contribution in [3.63, 3.8) is 0 Å². The molecule has 10 heteroatoms. The van der Waals surface area contributed by atoms with E-state index in [4.69, 9.17) is 4.74 Å². The predicted molar refractivity (Wildman–Crippen MR) is 124 cm³/mol. The second-order valence-corrected chi connectivity index (χ2v) is 10.9. The SMILES string of the molecule is CC(F)(F)COc1nc2c(s1)CCN(CCC1CCC(CC(=O)Cc3cnn(CF)c3)CC1)C2. The van der Waals surface area contributed by atoms with Crippen LogP contribution in [0.15, 0.2) is 12.4 Å². The highest BCUT2D eigenvalue weighted by atomic mass is 32.1. The van der Waals surface area contributed by atoms with E-state index in [1.54, 1.807) is 12.4 Å². The van der Waals surface area contributed by atoms with Crippen LogP contribution in [0.3, 0.4) is 0 Å². The molecule has 0 spiro atoms. The highest BCUT2D eigenvalue weighted by Crippen LogP contribution is 2.34. The third-order valence-corrected chi connectivity index (χ3v) is 7.85. The molecule has 0 bridgehead atoms. The average molecular weight is 499 g/mol. The number of carbonyl (C=O) groups is 1. The Hall–Kier alpha value is -1.94. The lowest BCUT2D eigenvalue weighted by Gasteiger charge is -2.31. The number of nitrogens with zero attached hydrogens (tertiary/aromatic N) is 4. The predicted octanol–water partition coefficient (Wildman–Crippen LogP) is 5.06. The van der Waals surface area contributed by atoms with Crippen molar-refractivity contribution in [3.8, 4) is 5.19 Å². The molecule has 0 unspecified atom stereocenters. The van der Waals surface area contributed by atoms with Crippen molar-refractivity contribution in [3.05, 3.63) is 28.5 Å². The van der Waals surface area contributed by atoms with Crippen molar-refractivity contribution in [1.82, 2.24) is 19.7 Å². The van der Waals surface area contributed by atoms with E-state index >= 15 is 0 Å². The van der Waals surface area contributed by atoms with E-state index in [1.807, 2.05) is 0 Å². The monoisotopic (exact) mass is 498 g/mol. The van der Waals surface area contributed by atoms with Gasteiger partial charge in [0.2, 0.25) is 0 Å². The summed E-state index contributed by atoms with van der Waals surface area (Å²) in [7, 11) is 0. The first kappa shape index (κ1) is 25.2. The number of ether oxygens (including phenoxy) is 1. The van der Waals surface area contributed by atoms with Crippen LogP contribution in [-0.2, 0) is 31.0 Å². The molecule has 3 heterocycles. The first-order valence-corrected chi connectivity index (χ1v) is 12.9. The number of aromatic nitrogens is 3. The number of alkyl halides is 3. The number of Topliss-reactive ketones (excluding diaryl/α,β-unsaturated/α-hetero) is 1. The van der Waals surface area contributed by atoms with Gasteiger partial charge in [0.05, 0.1) is 11.9 Å². The summed E-state index contributed by atoms with van der Waals surface area (Å²) in [5, 5.41) is 4.23. The zero-order valence-electron chi connectivity index (χ0n) is 19.6. The van der Waals surface area contributed by atoms with Crippen LogP contribution in [0.5, 0.6) is 5.19 Å². The summed E-state index contributed by atoms with van der Waals surface area (Å²) < 4.78 is 45.0. The lowest BCUT2D eigenvalue weighted by Crippen LogP contribution is -2.32. The van der Waals surface area contributed by atoms with Gasteiger partial charge in [-0.25, -0.2) is 22.8 Å². The molecule has 0 saturated heterocycles. The average Bonchev–Trinajstić information content (AvgIpc) is 3.42. The molecule has 0 N–H and O–H groups in total. The fraction of sp³-hybridized carbons (Fsp3) is 0.708. The van der Waals surface area contributed by atoms with E-state index in [9.17, 15) is 18.0 Å². The maximum atomic E-state index is 13.0. The van der Waals surface area contributed by atoms with Gasteiger partial charge in [-0.1, -0.05) is 24.2 Å². The largest absolute Gasteiger partial charge is 0.464 e. The van der Waals surface area contributed by atoms with Crippen molar-refractivity contribution in [1.29, 1.82) is 0 Å². The molecule has 2 aromatic heterocycles. The van der Waals surface area contributed by atoms with Crippen LogP contribution in [0.2, 0.25) is 0 Å². The Bertz CT molecular complexity index is 950. The number of thiazole rings is 1. The summed E-state index contributed by atoms with van der Waals surface area (Å²) in [6.45, 7) is 2.26. The first-order chi connectivity index (χ1) is 16.3. The molecule has 1 saturated carbocycles. The Morgan fingerprint density at radius 2 is 2.03 bits per heavy atom. The molecule has 4 rings (SSSR count). The number of fused-ring (bicyclic) bond motifs is 1.